The van der Waals surface area contributed by atoms with E-state index in [1.807, 2.05) is 44.2 Å². The summed E-state index contributed by atoms with van der Waals surface area (Å²) in [5.41, 5.74) is 2.66. The number of benzene rings is 3. The molecule has 3 rings (SSSR count). The van der Waals surface area contributed by atoms with Gasteiger partial charge < -0.3 is 10.2 Å². The zero-order chi connectivity index (χ0) is 29.4. The van der Waals surface area contributed by atoms with Crippen LogP contribution in [0.5, 0.6) is 0 Å². The molecule has 1 atom stereocenters. The van der Waals surface area contributed by atoms with Crippen LogP contribution in [0.15, 0.2) is 71.2 Å². The van der Waals surface area contributed by atoms with Crippen molar-refractivity contribution < 1.29 is 18.0 Å². The van der Waals surface area contributed by atoms with Gasteiger partial charge in [0.2, 0.25) is 21.8 Å². The van der Waals surface area contributed by atoms with Gasteiger partial charge in [0.05, 0.1) is 22.0 Å². The van der Waals surface area contributed by atoms with E-state index in [9.17, 15) is 18.0 Å². The van der Waals surface area contributed by atoms with Crippen LogP contribution in [0, 0.1) is 6.92 Å². The zero-order valence-electron chi connectivity index (χ0n) is 22.5. The highest BCUT2D eigenvalue weighted by atomic mass is 79.9. The molecule has 3 aromatic rings. The molecule has 0 aliphatic rings. The zero-order valence-corrected chi connectivity index (χ0v) is 26.4. The fourth-order valence-corrected chi connectivity index (χ4v) is 5.56. The largest absolute Gasteiger partial charge is 0.354 e. The monoisotopic (exact) mass is 667 g/mol. The van der Waals surface area contributed by atoms with Crippen LogP contribution in [-0.2, 0) is 32.6 Å². The molecule has 0 heterocycles. The Hall–Kier alpha value is -2.59. The number of halogens is 3. The minimum Gasteiger partial charge on any atom is -0.354 e. The Morgan fingerprint density at radius 3 is 2.27 bits per heavy atom. The van der Waals surface area contributed by atoms with Crippen LogP contribution >= 0.6 is 39.1 Å². The lowest BCUT2D eigenvalue weighted by atomic mass is 10.0. The smallest absolute Gasteiger partial charge is 0.244 e. The van der Waals surface area contributed by atoms with Gasteiger partial charge in [0, 0.05) is 24.0 Å². The van der Waals surface area contributed by atoms with Gasteiger partial charge in [-0.2, -0.15) is 0 Å². The van der Waals surface area contributed by atoms with Crippen molar-refractivity contribution in [2.75, 3.05) is 23.7 Å². The van der Waals surface area contributed by atoms with E-state index in [4.69, 9.17) is 23.2 Å². The molecule has 0 unspecified atom stereocenters. The number of carbonyl (C=O) groups is 2. The van der Waals surface area contributed by atoms with E-state index >= 15 is 0 Å². The number of carbonyl (C=O) groups excluding carboxylic acids is 2. The second-order valence-corrected chi connectivity index (χ2v) is 13.0. The van der Waals surface area contributed by atoms with Crippen molar-refractivity contribution in [2.24, 2.45) is 0 Å². The Labute approximate surface area is 254 Å². The number of amides is 2. The summed E-state index contributed by atoms with van der Waals surface area (Å²) in [6, 6.07) is 18.5. The highest BCUT2D eigenvalue weighted by Gasteiger charge is 2.33. The summed E-state index contributed by atoms with van der Waals surface area (Å²) in [4.78, 5) is 29.0. The first-order valence-electron chi connectivity index (χ1n) is 12.7. The van der Waals surface area contributed by atoms with Crippen LogP contribution in [0.2, 0.25) is 10.0 Å². The summed E-state index contributed by atoms with van der Waals surface area (Å²) in [6.07, 6.45) is 2.01. The summed E-state index contributed by atoms with van der Waals surface area (Å²) >= 11 is 15.8. The van der Waals surface area contributed by atoms with Gasteiger partial charge in [-0.25, -0.2) is 8.42 Å². The third-order valence-corrected chi connectivity index (χ3v) is 9.04. The first-order chi connectivity index (χ1) is 18.9. The molecular weight excluding hydrogens is 637 g/mol. The molecule has 0 aliphatic carbocycles. The minimum atomic E-state index is -3.85. The molecule has 7 nitrogen and oxygen atoms in total. The number of nitrogens with one attached hydrogen (secondary N) is 1. The van der Waals surface area contributed by atoms with Gasteiger partial charge in [0.15, 0.2) is 0 Å². The number of aryl methyl sites for hydroxylation is 1. The Balaban J connectivity index is 2.07. The molecule has 0 bridgehead atoms. The molecule has 40 heavy (non-hydrogen) atoms. The van der Waals surface area contributed by atoms with Gasteiger partial charge in [-0.3, -0.25) is 13.9 Å². The fourth-order valence-electron chi connectivity index (χ4n) is 4.15. The predicted molar refractivity (Wildman–Crippen MR) is 165 cm³/mol. The topological polar surface area (TPSA) is 86.8 Å². The van der Waals surface area contributed by atoms with Crippen molar-refractivity contribution in [3.63, 3.8) is 0 Å². The molecule has 0 saturated carbocycles. The maximum absolute atomic E-state index is 14.1. The molecule has 1 N–H and O–H groups in total. The maximum atomic E-state index is 14.1. The van der Waals surface area contributed by atoms with Crippen LogP contribution in [0.1, 0.15) is 30.0 Å². The molecule has 0 aromatic heterocycles. The third kappa shape index (κ3) is 8.70. The lowest BCUT2D eigenvalue weighted by Crippen LogP contribution is -2.53. The van der Waals surface area contributed by atoms with Crippen molar-refractivity contribution in [3.05, 3.63) is 97.9 Å². The SMILES string of the molecule is CCCNC(=O)[C@@H](Cc1ccccc1)N(Cc1ccc(Cl)c(Cl)c1)C(=O)CN(c1ccc(Br)c(C)c1)S(C)(=O)=O. The number of sulfonamides is 1. The van der Waals surface area contributed by atoms with E-state index in [0.29, 0.717) is 27.8 Å². The molecule has 0 saturated heterocycles. The lowest BCUT2D eigenvalue weighted by Gasteiger charge is -2.33. The molecule has 11 heteroatoms. The molecular formula is C29H32BrCl2N3O4S. The van der Waals surface area contributed by atoms with Gasteiger partial charge in [0.1, 0.15) is 12.6 Å². The summed E-state index contributed by atoms with van der Waals surface area (Å²) in [6.45, 7) is 3.74. The van der Waals surface area contributed by atoms with Gasteiger partial charge in [-0.05, 0) is 60.4 Å². The summed E-state index contributed by atoms with van der Waals surface area (Å²) in [5, 5.41) is 3.58. The fraction of sp³-hybridized carbons (Fsp3) is 0.310. The molecule has 0 aliphatic heterocycles. The molecule has 0 fully saturated rings. The predicted octanol–water partition coefficient (Wildman–Crippen LogP) is 6.00. The minimum absolute atomic E-state index is 0.0176. The van der Waals surface area contributed by atoms with Gasteiger partial charge >= 0.3 is 0 Å². The van der Waals surface area contributed by atoms with Crippen molar-refractivity contribution in [2.45, 2.75) is 39.3 Å². The number of rotatable bonds is 12. The molecule has 3 aromatic carbocycles. The van der Waals surface area contributed by atoms with Crippen molar-refractivity contribution in [3.8, 4) is 0 Å². The highest BCUT2D eigenvalue weighted by Crippen LogP contribution is 2.27. The Morgan fingerprint density at radius 1 is 0.975 bits per heavy atom. The van der Waals surface area contributed by atoms with Crippen LogP contribution in [0.4, 0.5) is 5.69 Å². The molecule has 0 radical (unpaired) electrons. The van der Waals surface area contributed by atoms with Gasteiger partial charge in [0.25, 0.3) is 0 Å². The van der Waals surface area contributed by atoms with Gasteiger partial charge in [-0.15, -0.1) is 0 Å². The van der Waals surface area contributed by atoms with Crippen molar-refractivity contribution in [1.82, 2.24) is 10.2 Å². The average molecular weight is 669 g/mol. The van der Waals surface area contributed by atoms with E-state index < -0.39 is 28.5 Å². The second-order valence-electron chi connectivity index (χ2n) is 9.47. The van der Waals surface area contributed by atoms with E-state index in [-0.39, 0.29) is 18.9 Å². The first kappa shape index (κ1) is 31.9. The number of hydrogen-bond acceptors (Lipinski definition) is 4. The number of hydrogen-bond donors (Lipinski definition) is 1. The van der Waals surface area contributed by atoms with E-state index in [2.05, 4.69) is 21.2 Å². The lowest BCUT2D eigenvalue weighted by molar-refractivity contribution is -0.140. The second kappa shape index (κ2) is 14.3. The normalized spacial score (nSPS) is 12.1. The highest BCUT2D eigenvalue weighted by molar-refractivity contribution is 9.10. The Morgan fingerprint density at radius 2 is 1.68 bits per heavy atom. The average Bonchev–Trinajstić information content (AvgIpc) is 2.91. The van der Waals surface area contributed by atoms with Crippen molar-refractivity contribution in [1.29, 1.82) is 0 Å². The van der Waals surface area contributed by atoms with Gasteiger partial charge in [-0.1, -0.05) is 82.5 Å². The standard InChI is InChI=1S/C29H32BrCl2N3O4S/c1-4-14-33-29(37)27(17-21-8-6-5-7-9-21)34(18-22-10-13-25(31)26(32)16-22)28(36)19-35(40(3,38)39)23-11-12-24(30)20(2)15-23/h5-13,15-16,27H,4,14,17-19H2,1-3H3,(H,33,37)/t27-/m1/s1. The number of nitrogens with zero attached hydrogens (tertiary/aromatic N) is 2. The molecule has 214 valence electrons. The molecule has 2 amide bonds. The summed E-state index contributed by atoms with van der Waals surface area (Å²) in [5.74, 6) is -0.867. The van der Waals surface area contributed by atoms with E-state index in [1.54, 1.807) is 36.4 Å². The van der Waals surface area contributed by atoms with Crippen LogP contribution in [-0.4, -0.2) is 50.5 Å². The summed E-state index contributed by atoms with van der Waals surface area (Å²) in [7, 11) is -3.85. The quantitative estimate of drug-likeness (QED) is 0.257. The Kier molecular flexibility index (Phi) is 11.5. The van der Waals surface area contributed by atoms with E-state index in [0.717, 1.165) is 32.6 Å². The van der Waals surface area contributed by atoms with Crippen LogP contribution < -0.4 is 9.62 Å². The van der Waals surface area contributed by atoms with Crippen LogP contribution in [0.3, 0.4) is 0 Å². The third-order valence-electron chi connectivity index (χ3n) is 6.27. The molecule has 0 spiro atoms. The Bertz CT molecular complexity index is 1450. The first-order valence-corrected chi connectivity index (χ1v) is 16.1. The summed E-state index contributed by atoms with van der Waals surface area (Å²) < 4.78 is 27.7. The number of anilines is 1. The van der Waals surface area contributed by atoms with Crippen molar-refractivity contribution >= 4 is 66.7 Å². The van der Waals surface area contributed by atoms with Crippen LogP contribution in [0.25, 0.3) is 0 Å². The maximum Gasteiger partial charge on any atom is 0.244 e. The van der Waals surface area contributed by atoms with E-state index in [1.165, 1.54) is 4.90 Å².